The number of amides is 1. The first kappa shape index (κ1) is 20.9. The molecule has 1 aliphatic carbocycles. The largest absolute Gasteiger partial charge is 0.321 e. The summed E-state index contributed by atoms with van der Waals surface area (Å²) in [6, 6.07) is 18.2. The summed E-state index contributed by atoms with van der Waals surface area (Å²) >= 11 is 1.37. The van der Waals surface area contributed by atoms with Crippen LogP contribution in [-0.2, 0) is 9.84 Å². The number of thiophene rings is 1. The number of nitrogens with one attached hydrogen (secondary N) is 1. The Balaban J connectivity index is 1.42. The van der Waals surface area contributed by atoms with Gasteiger partial charge in [0, 0.05) is 11.1 Å². The number of carbonyl (C=O) groups is 1. The average molecular weight is 466 g/mol. The highest BCUT2D eigenvalue weighted by molar-refractivity contribution is 7.92. The standard InChI is InChI=1S/C24H23N3O3S2/c1-16-21-15-22(31-24(21)27(26-16)18-9-3-2-4-10-18)23(28)25-17-8-7-13-20(14-17)32(29,30)19-11-5-6-12-19/h2-4,7-10,13-15,19H,5-6,11-12H2,1H3,(H,25,28). The van der Waals surface area contributed by atoms with Gasteiger partial charge in [0.2, 0.25) is 0 Å². The molecule has 0 atom stereocenters. The van der Waals surface area contributed by atoms with E-state index in [0.717, 1.165) is 34.4 Å². The second-order valence-electron chi connectivity index (χ2n) is 8.10. The number of anilines is 1. The third kappa shape index (κ3) is 3.73. The van der Waals surface area contributed by atoms with Gasteiger partial charge in [0.15, 0.2) is 9.84 Å². The molecule has 1 aliphatic rings. The first-order valence-electron chi connectivity index (χ1n) is 10.6. The zero-order chi connectivity index (χ0) is 22.3. The summed E-state index contributed by atoms with van der Waals surface area (Å²) in [7, 11) is -3.38. The van der Waals surface area contributed by atoms with Crippen molar-refractivity contribution in [2.45, 2.75) is 42.8 Å². The summed E-state index contributed by atoms with van der Waals surface area (Å²) in [6.45, 7) is 1.92. The first-order valence-corrected chi connectivity index (χ1v) is 13.0. The van der Waals surface area contributed by atoms with Crippen molar-refractivity contribution in [2.24, 2.45) is 0 Å². The van der Waals surface area contributed by atoms with Crippen LogP contribution in [0.5, 0.6) is 0 Å². The van der Waals surface area contributed by atoms with E-state index in [1.54, 1.807) is 24.3 Å². The van der Waals surface area contributed by atoms with Gasteiger partial charge in [-0.15, -0.1) is 11.3 Å². The van der Waals surface area contributed by atoms with Crippen molar-refractivity contribution in [3.63, 3.8) is 0 Å². The van der Waals surface area contributed by atoms with Crippen LogP contribution >= 0.6 is 11.3 Å². The predicted molar refractivity (Wildman–Crippen MR) is 128 cm³/mol. The maximum Gasteiger partial charge on any atom is 0.265 e. The number of aromatic nitrogens is 2. The van der Waals surface area contributed by atoms with E-state index >= 15 is 0 Å². The summed E-state index contributed by atoms with van der Waals surface area (Å²) in [5.41, 5.74) is 2.26. The van der Waals surface area contributed by atoms with Crippen molar-refractivity contribution >= 4 is 43.0 Å². The molecule has 0 bridgehead atoms. The number of benzene rings is 2. The number of hydrogen-bond acceptors (Lipinski definition) is 5. The maximum atomic E-state index is 13.0. The van der Waals surface area contributed by atoms with E-state index in [9.17, 15) is 13.2 Å². The molecule has 2 aromatic heterocycles. The molecule has 0 saturated heterocycles. The van der Waals surface area contributed by atoms with Crippen molar-refractivity contribution in [1.29, 1.82) is 0 Å². The molecule has 8 heteroatoms. The highest BCUT2D eigenvalue weighted by Gasteiger charge is 2.30. The Morgan fingerprint density at radius 3 is 2.56 bits per heavy atom. The molecule has 1 saturated carbocycles. The molecule has 1 amide bonds. The van der Waals surface area contributed by atoms with Gasteiger partial charge in [-0.05, 0) is 56.2 Å². The van der Waals surface area contributed by atoms with Crippen LogP contribution in [0.25, 0.3) is 15.9 Å². The van der Waals surface area contributed by atoms with Gasteiger partial charge >= 0.3 is 0 Å². The average Bonchev–Trinajstić information content (AvgIpc) is 3.53. The molecule has 5 rings (SSSR count). The molecule has 2 aromatic carbocycles. The van der Waals surface area contributed by atoms with Crippen LogP contribution < -0.4 is 5.32 Å². The summed E-state index contributed by atoms with van der Waals surface area (Å²) in [4.78, 5) is 14.7. The van der Waals surface area contributed by atoms with Gasteiger partial charge in [-0.1, -0.05) is 37.1 Å². The normalized spacial score (nSPS) is 14.8. The quantitative estimate of drug-likeness (QED) is 0.430. The van der Waals surface area contributed by atoms with Crippen LogP contribution in [0.2, 0.25) is 0 Å². The van der Waals surface area contributed by atoms with Crippen LogP contribution in [0.4, 0.5) is 5.69 Å². The fourth-order valence-electron chi connectivity index (χ4n) is 4.24. The lowest BCUT2D eigenvalue weighted by molar-refractivity contribution is 0.103. The van der Waals surface area contributed by atoms with Gasteiger partial charge in [0.1, 0.15) is 4.83 Å². The number of hydrogen-bond donors (Lipinski definition) is 1. The number of fused-ring (bicyclic) bond motifs is 1. The highest BCUT2D eigenvalue weighted by Crippen LogP contribution is 2.32. The summed E-state index contributed by atoms with van der Waals surface area (Å²) < 4.78 is 27.7. The molecule has 32 heavy (non-hydrogen) atoms. The van der Waals surface area contributed by atoms with E-state index in [2.05, 4.69) is 10.4 Å². The summed E-state index contributed by atoms with van der Waals surface area (Å²) in [5, 5.41) is 8.09. The van der Waals surface area contributed by atoms with Crippen molar-refractivity contribution in [3.05, 3.63) is 71.2 Å². The molecule has 0 radical (unpaired) electrons. The Hall–Kier alpha value is -2.97. The molecule has 0 unspecified atom stereocenters. The Morgan fingerprint density at radius 1 is 1.06 bits per heavy atom. The number of nitrogens with zero attached hydrogens (tertiary/aromatic N) is 2. The van der Waals surface area contributed by atoms with E-state index in [4.69, 9.17) is 0 Å². The SMILES string of the molecule is Cc1nn(-c2ccccc2)c2sc(C(=O)Nc3cccc(S(=O)(=O)C4CCCC4)c3)cc12. The van der Waals surface area contributed by atoms with Gasteiger partial charge in [-0.3, -0.25) is 4.79 Å². The van der Waals surface area contributed by atoms with Crippen molar-refractivity contribution in [2.75, 3.05) is 5.32 Å². The summed E-state index contributed by atoms with van der Waals surface area (Å²) in [5.74, 6) is -0.263. The number of aryl methyl sites for hydroxylation is 1. The van der Waals surface area contributed by atoms with Crippen LogP contribution in [0.1, 0.15) is 41.0 Å². The van der Waals surface area contributed by atoms with Crippen molar-refractivity contribution in [3.8, 4) is 5.69 Å². The van der Waals surface area contributed by atoms with Crippen molar-refractivity contribution in [1.82, 2.24) is 9.78 Å². The van der Waals surface area contributed by atoms with Crippen molar-refractivity contribution < 1.29 is 13.2 Å². The number of rotatable bonds is 5. The lowest BCUT2D eigenvalue weighted by Gasteiger charge is -2.12. The number of carbonyl (C=O) groups excluding carboxylic acids is 1. The third-order valence-corrected chi connectivity index (χ3v) is 9.30. The molecule has 2 heterocycles. The monoisotopic (exact) mass is 465 g/mol. The lowest BCUT2D eigenvalue weighted by atomic mass is 10.3. The van der Waals surface area contributed by atoms with E-state index < -0.39 is 9.84 Å². The third-order valence-electron chi connectivity index (χ3n) is 5.93. The minimum absolute atomic E-state index is 0.263. The maximum absolute atomic E-state index is 13.0. The van der Waals surface area contributed by atoms with E-state index in [1.165, 1.54) is 11.3 Å². The minimum Gasteiger partial charge on any atom is -0.321 e. The van der Waals surface area contributed by atoms with Crippen LogP contribution in [-0.4, -0.2) is 29.4 Å². The van der Waals surface area contributed by atoms with Crippen LogP contribution in [0, 0.1) is 6.92 Å². The number of sulfone groups is 1. The molecule has 0 spiro atoms. The Morgan fingerprint density at radius 2 is 1.81 bits per heavy atom. The Labute approximate surface area is 190 Å². The van der Waals surface area contributed by atoms with Crippen LogP contribution in [0.3, 0.4) is 0 Å². The van der Waals surface area contributed by atoms with Gasteiger partial charge in [-0.25, -0.2) is 13.1 Å². The molecule has 1 fully saturated rings. The molecule has 0 aliphatic heterocycles. The molecular weight excluding hydrogens is 442 g/mol. The molecular formula is C24H23N3O3S2. The molecule has 1 N–H and O–H groups in total. The minimum atomic E-state index is -3.38. The van der Waals surface area contributed by atoms with Gasteiger partial charge in [-0.2, -0.15) is 5.10 Å². The summed E-state index contributed by atoms with van der Waals surface area (Å²) in [6.07, 6.45) is 3.31. The van der Waals surface area contributed by atoms with Crippen LogP contribution in [0.15, 0.2) is 65.6 Å². The van der Waals surface area contributed by atoms with E-state index in [1.807, 2.05) is 48.0 Å². The molecule has 6 nitrogen and oxygen atoms in total. The Kier molecular flexibility index (Phi) is 5.35. The molecule has 164 valence electrons. The zero-order valence-electron chi connectivity index (χ0n) is 17.6. The van der Waals surface area contributed by atoms with Gasteiger partial charge < -0.3 is 5.32 Å². The van der Waals surface area contributed by atoms with Gasteiger partial charge in [0.05, 0.1) is 26.4 Å². The number of para-hydroxylation sites is 1. The molecule has 4 aromatic rings. The Bertz CT molecular complexity index is 1400. The predicted octanol–water partition coefficient (Wildman–Crippen LogP) is 5.36. The topological polar surface area (TPSA) is 81.1 Å². The fraction of sp³-hybridized carbons (Fsp3) is 0.250. The highest BCUT2D eigenvalue weighted by atomic mass is 32.2. The van der Waals surface area contributed by atoms with E-state index in [0.29, 0.717) is 23.4 Å². The zero-order valence-corrected chi connectivity index (χ0v) is 19.2. The van der Waals surface area contributed by atoms with Gasteiger partial charge in [0.25, 0.3) is 5.91 Å². The smallest absolute Gasteiger partial charge is 0.265 e. The second kappa shape index (κ2) is 8.18. The fourth-order valence-corrected chi connectivity index (χ4v) is 7.21. The first-order chi connectivity index (χ1) is 15.4. The van der Waals surface area contributed by atoms with E-state index in [-0.39, 0.29) is 16.1 Å². The lowest BCUT2D eigenvalue weighted by Crippen LogP contribution is -2.18. The second-order valence-corrected chi connectivity index (χ2v) is 11.4.